The first-order chi connectivity index (χ1) is 14.0. The van der Waals surface area contributed by atoms with Gasteiger partial charge in [0, 0.05) is 30.9 Å². The smallest absolute Gasteiger partial charge is 0.410 e. The lowest BCUT2D eigenvalue weighted by molar-refractivity contribution is -0.137. The second-order valence-electron chi connectivity index (χ2n) is 7.61. The first-order valence-corrected chi connectivity index (χ1v) is 9.85. The summed E-state index contributed by atoms with van der Waals surface area (Å²) in [4.78, 5) is 20.4. The van der Waals surface area contributed by atoms with Crippen LogP contribution >= 0.6 is 12.4 Å². The van der Waals surface area contributed by atoms with E-state index in [-0.39, 0.29) is 42.5 Å². The number of benzene rings is 1. The lowest BCUT2D eigenvalue weighted by Gasteiger charge is -2.32. The molecule has 0 fully saturated rings. The van der Waals surface area contributed by atoms with E-state index in [9.17, 15) is 18.0 Å². The fraction of sp³-hybridized carbons (Fsp3) is 0.455. The topological polar surface area (TPSA) is 45.7 Å². The third-order valence-electron chi connectivity index (χ3n) is 4.62. The van der Waals surface area contributed by atoms with Crippen molar-refractivity contribution in [3.05, 3.63) is 53.7 Å². The molecule has 0 aliphatic carbocycles. The van der Waals surface area contributed by atoms with Gasteiger partial charge in [-0.2, -0.15) is 13.2 Å². The minimum Gasteiger partial charge on any atom is -0.410 e. The monoisotopic (exact) mass is 459 g/mol. The summed E-state index contributed by atoms with van der Waals surface area (Å²) in [6.45, 7) is 10.2. The number of rotatable bonds is 7. The maximum Gasteiger partial charge on any atom is 0.420 e. The van der Waals surface area contributed by atoms with Crippen molar-refractivity contribution in [2.75, 3.05) is 18.0 Å². The van der Waals surface area contributed by atoms with E-state index in [1.165, 1.54) is 6.92 Å². The van der Waals surface area contributed by atoms with E-state index in [4.69, 9.17) is 4.74 Å². The highest BCUT2D eigenvalue weighted by Crippen LogP contribution is 2.32. The Kier molecular flexibility index (Phi) is 9.77. The standard InChI is InChI=1S/C22H28F3N3O2.ClH/c1-15(2)27(16(3)4)11-12-28(21(29)30-19-9-7-6-8-10-19)20-14-18(22(23,24)25)13-17(5)26-20;/h6-10,13-16H,11-12H2,1-5H3;1H. The van der Waals surface area contributed by atoms with Crippen LogP contribution in [0.4, 0.5) is 23.8 Å². The molecule has 1 aromatic heterocycles. The highest BCUT2D eigenvalue weighted by molar-refractivity contribution is 5.88. The SMILES string of the molecule is Cc1cc(C(F)(F)F)cc(N(CCN(C(C)C)C(C)C)C(=O)Oc2ccccc2)n1.Cl. The second-order valence-corrected chi connectivity index (χ2v) is 7.61. The molecule has 0 radical (unpaired) electrons. The van der Waals surface area contributed by atoms with Gasteiger partial charge in [0.2, 0.25) is 0 Å². The van der Waals surface area contributed by atoms with Crippen LogP contribution in [0.3, 0.4) is 0 Å². The van der Waals surface area contributed by atoms with Crippen LogP contribution in [0.1, 0.15) is 39.0 Å². The third kappa shape index (κ3) is 7.70. The highest BCUT2D eigenvalue weighted by atomic mass is 35.5. The van der Waals surface area contributed by atoms with Crippen LogP contribution in [-0.4, -0.2) is 41.2 Å². The number of aryl methyl sites for hydroxylation is 1. The summed E-state index contributed by atoms with van der Waals surface area (Å²) in [6, 6.07) is 10.6. The Morgan fingerprint density at radius 1 is 1.03 bits per heavy atom. The van der Waals surface area contributed by atoms with Gasteiger partial charge in [-0.15, -0.1) is 12.4 Å². The molecule has 9 heteroatoms. The van der Waals surface area contributed by atoms with Crippen molar-refractivity contribution in [3.8, 4) is 5.75 Å². The Morgan fingerprint density at radius 3 is 2.13 bits per heavy atom. The number of aromatic nitrogens is 1. The zero-order chi connectivity index (χ0) is 22.5. The molecule has 1 heterocycles. The number of alkyl halides is 3. The molecule has 31 heavy (non-hydrogen) atoms. The maximum atomic E-state index is 13.3. The molecule has 2 aromatic rings. The van der Waals surface area contributed by atoms with Crippen LogP contribution in [-0.2, 0) is 6.18 Å². The molecule has 0 saturated heterocycles. The average molecular weight is 460 g/mol. The van der Waals surface area contributed by atoms with Crippen molar-refractivity contribution in [2.24, 2.45) is 0 Å². The van der Waals surface area contributed by atoms with E-state index in [2.05, 4.69) is 9.88 Å². The van der Waals surface area contributed by atoms with Gasteiger partial charge >= 0.3 is 12.3 Å². The first kappa shape index (κ1) is 26.7. The molecule has 0 atom stereocenters. The molecule has 0 aliphatic heterocycles. The summed E-state index contributed by atoms with van der Waals surface area (Å²) < 4.78 is 45.3. The van der Waals surface area contributed by atoms with Gasteiger partial charge < -0.3 is 4.74 Å². The van der Waals surface area contributed by atoms with Crippen LogP contribution in [0, 0.1) is 6.92 Å². The molecule has 1 amide bonds. The van der Waals surface area contributed by atoms with E-state index in [1.54, 1.807) is 30.3 Å². The van der Waals surface area contributed by atoms with Crippen LogP contribution < -0.4 is 9.64 Å². The number of halogens is 4. The zero-order valence-electron chi connectivity index (χ0n) is 18.3. The van der Waals surface area contributed by atoms with Crippen molar-refractivity contribution in [1.29, 1.82) is 0 Å². The number of hydrogen-bond donors (Lipinski definition) is 0. The number of carbonyl (C=O) groups excluding carboxylic acids is 1. The molecule has 0 unspecified atom stereocenters. The minimum atomic E-state index is -4.54. The van der Waals surface area contributed by atoms with Gasteiger partial charge in [0.05, 0.1) is 5.56 Å². The molecular weight excluding hydrogens is 431 g/mol. The van der Waals surface area contributed by atoms with E-state index in [0.29, 0.717) is 12.3 Å². The van der Waals surface area contributed by atoms with Crippen LogP contribution in [0.2, 0.25) is 0 Å². The van der Waals surface area contributed by atoms with Crippen LogP contribution in [0.5, 0.6) is 5.75 Å². The maximum absolute atomic E-state index is 13.3. The number of ether oxygens (including phenoxy) is 1. The number of para-hydroxylation sites is 1. The number of nitrogens with zero attached hydrogens (tertiary/aromatic N) is 3. The Bertz CT molecular complexity index is 838. The van der Waals surface area contributed by atoms with Crippen molar-refractivity contribution in [1.82, 2.24) is 9.88 Å². The molecule has 0 spiro atoms. The van der Waals surface area contributed by atoms with E-state index in [1.807, 2.05) is 27.7 Å². The van der Waals surface area contributed by atoms with Gasteiger partial charge in [0.25, 0.3) is 0 Å². The van der Waals surface area contributed by atoms with Crippen molar-refractivity contribution in [2.45, 2.75) is 52.9 Å². The fourth-order valence-corrected chi connectivity index (χ4v) is 3.22. The average Bonchev–Trinajstić information content (AvgIpc) is 2.64. The Hall–Kier alpha value is -2.32. The molecule has 0 aliphatic rings. The van der Waals surface area contributed by atoms with E-state index < -0.39 is 17.8 Å². The van der Waals surface area contributed by atoms with Crippen LogP contribution in [0.15, 0.2) is 42.5 Å². The second kappa shape index (κ2) is 11.3. The van der Waals surface area contributed by atoms with E-state index >= 15 is 0 Å². The van der Waals surface area contributed by atoms with Gasteiger partial charge in [0.1, 0.15) is 11.6 Å². The number of pyridine rings is 1. The molecule has 5 nitrogen and oxygen atoms in total. The number of amides is 1. The molecule has 172 valence electrons. The number of carbonyl (C=O) groups is 1. The van der Waals surface area contributed by atoms with E-state index in [0.717, 1.165) is 17.0 Å². The molecule has 2 rings (SSSR count). The third-order valence-corrected chi connectivity index (χ3v) is 4.62. The fourth-order valence-electron chi connectivity index (χ4n) is 3.22. The molecule has 0 bridgehead atoms. The van der Waals surface area contributed by atoms with Gasteiger partial charge in [-0.3, -0.25) is 9.80 Å². The predicted molar refractivity (Wildman–Crippen MR) is 118 cm³/mol. The summed E-state index contributed by atoms with van der Waals surface area (Å²) in [5, 5.41) is 0. The van der Waals surface area contributed by atoms with Crippen molar-refractivity contribution >= 4 is 24.3 Å². The normalized spacial score (nSPS) is 11.6. The molecule has 0 N–H and O–H groups in total. The molecular formula is C22H29ClF3N3O2. The van der Waals surface area contributed by atoms with Crippen molar-refractivity contribution < 1.29 is 22.7 Å². The summed E-state index contributed by atoms with van der Waals surface area (Å²) >= 11 is 0. The Balaban J connectivity index is 0.00000480. The minimum absolute atomic E-state index is 0. The lowest BCUT2D eigenvalue weighted by Crippen LogP contribution is -2.45. The largest absolute Gasteiger partial charge is 0.420 e. The first-order valence-electron chi connectivity index (χ1n) is 9.85. The van der Waals surface area contributed by atoms with Crippen LogP contribution in [0.25, 0.3) is 0 Å². The molecule has 0 saturated carbocycles. The summed E-state index contributed by atoms with van der Waals surface area (Å²) in [5.74, 6) is 0.219. The zero-order valence-corrected chi connectivity index (χ0v) is 19.1. The van der Waals surface area contributed by atoms with Gasteiger partial charge in [-0.25, -0.2) is 9.78 Å². The quantitative estimate of drug-likeness (QED) is 0.513. The summed E-state index contributed by atoms with van der Waals surface area (Å²) in [7, 11) is 0. The van der Waals surface area contributed by atoms with Gasteiger partial charge in [0.15, 0.2) is 0 Å². The predicted octanol–water partition coefficient (Wildman–Crippen LogP) is 5.95. The highest BCUT2D eigenvalue weighted by Gasteiger charge is 2.33. The van der Waals surface area contributed by atoms with Crippen molar-refractivity contribution in [3.63, 3.8) is 0 Å². The Morgan fingerprint density at radius 2 is 1.61 bits per heavy atom. The summed E-state index contributed by atoms with van der Waals surface area (Å²) in [6.07, 6.45) is -5.32. The number of anilines is 1. The summed E-state index contributed by atoms with van der Waals surface area (Å²) in [5.41, 5.74) is -0.686. The number of hydrogen-bond acceptors (Lipinski definition) is 4. The van der Waals surface area contributed by atoms with Gasteiger partial charge in [-0.1, -0.05) is 18.2 Å². The lowest BCUT2D eigenvalue weighted by atomic mass is 10.2. The van der Waals surface area contributed by atoms with Gasteiger partial charge in [-0.05, 0) is 58.9 Å². The molecule has 1 aromatic carbocycles. The Labute approximate surface area is 187 Å².